The Balaban J connectivity index is 1.53. The lowest BCUT2D eigenvalue weighted by atomic mass is 9.83. The van der Waals surface area contributed by atoms with Crippen molar-refractivity contribution < 1.29 is 14.3 Å². The van der Waals surface area contributed by atoms with Crippen molar-refractivity contribution in [3.05, 3.63) is 82.3 Å². The molecule has 7 heteroatoms. The van der Waals surface area contributed by atoms with Crippen LogP contribution in [-0.4, -0.2) is 22.1 Å². The molecule has 1 aliphatic rings. The predicted octanol–water partition coefficient (Wildman–Crippen LogP) is 5.63. The van der Waals surface area contributed by atoms with Gasteiger partial charge in [0.05, 0.1) is 17.7 Å². The molecule has 2 aromatic carbocycles. The molecule has 1 heterocycles. The maximum absolute atomic E-state index is 15.0. The minimum Gasteiger partial charge on any atom is -0.393 e. The van der Waals surface area contributed by atoms with Gasteiger partial charge in [-0.25, -0.2) is 9.37 Å². The molecule has 0 aliphatic heterocycles. The number of carbonyl (C=O) groups is 1. The molecule has 5 nitrogen and oxygen atoms in total. The average molecular weight is 468 g/mol. The number of carbonyl (C=O) groups excluding carboxylic acids is 1. The Bertz CT molecular complexity index is 1160. The van der Waals surface area contributed by atoms with Crippen molar-refractivity contribution in [1.82, 2.24) is 10.3 Å². The summed E-state index contributed by atoms with van der Waals surface area (Å²) in [6, 6.07) is 13.3. The number of amides is 1. The summed E-state index contributed by atoms with van der Waals surface area (Å²) in [6.45, 7) is 1.82. The molecule has 0 bridgehead atoms. The van der Waals surface area contributed by atoms with Gasteiger partial charge in [0.25, 0.3) is 5.91 Å². The number of aliphatic hydroxyl groups is 1. The number of pyridine rings is 1. The number of nitrogens with one attached hydrogen (secondary N) is 1. The maximum atomic E-state index is 15.0. The lowest BCUT2D eigenvalue weighted by molar-refractivity contribution is 0.0935. The molecule has 1 saturated carbocycles. The number of aliphatic hydroxyl groups excluding tert-OH is 1. The van der Waals surface area contributed by atoms with Gasteiger partial charge in [0.2, 0.25) is 0 Å². The molecule has 1 amide bonds. The van der Waals surface area contributed by atoms with Crippen molar-refractivity contribution in [2.75, 3.05) is 5.73 Å². The molecule has 1 aliphatic carbocycles. The fraction of sp³-hybridized carbons (Fsp3) is 0.308. The van der Waals surface area contributed by atoms with Crippen LogP contribution in [0.5, 0.6) is 0 Å². The highest BCUT2D eigenvalue weighted by Crippen LogP contribution is 2.36. The summed E-state index contributed by atoms with van der Waals surface area (Å²) in [5.74, 6) is -0.537. The van der Waals surface area contributed by atoms with Crippen molar-refractivity contribution in [2.24, 2.45) is 0 Å². The molecule has 0 unspecified atom stereocenters. The number of rotatable bonds is 5. The van der Waals surface area contributed by atoms with Gasteiger partial charge in [-0.3, -0.25) is 4.79 Å². The Labute approximate surface area is 197 Å². The van der Waals surface area contributed by atoms with Crippen LogP contribution < -0.4 is 11.1 Å². The van der Waals surface area contributed by atoms with E-state index in [2.05, 4.69) is 10.3 Å². The quantitative estimate of drug-likeness (QED) is 0.453. The van der Waals surface area contributed by atoms with Crippen LogP contribution in [0.15, 0.2) is 54.7 Å². The monoisotopic (exact) mass is 467 g/mol. The van der Waals surface area contributed by atoms with E-state index >= 15 is 0 Å². The Hall–Kier alpha value is -2.96. The second kappa shape index (κ2) is 9.89. The van der Waals surface area contributed by atoms with E-state index in [1.54, 1.807) is 30.5 Å². The second-order valence-electron chi connectivity index (χ2n) is 8.65. The van der Waals surface area contributed by atoms with Crippen molar-refractivity contribution in [1.29, 1.82) is 0 Å². The first-order valence-electron chi connectivity index (χ1n) is 11.1. The summed E-state index contributed by atoms with van der Waals surface area (Å²) in [5, 5.41) is 13.2. The summed E-state index contributed by atoms with van der Waals surface area (Å²) in [5.41, 5.74) is 9.12. The molecular weight excluding hydrogens is 441 g/mol. The van der Waals surface area contributed by atoms with Crippen LogP contribution in [0, 0.1) is 5.82 Å². The van der Waals surface area contributed by atoms with E-state index in [-0.39, 0.29) is 17.7 Å². The highest BCUT2D eigenvalue weighted by molar-refractivity contribution is 6.30. The number of nitrogens with two attached hydrogens (primary N) is 1. The molecule has 0 saturated heterocycles. The number of benzene rings is 2. The van der Waals surface area contributed by atoms with Crippen LogP contribution >= 0.6 is 11.6 Å². The van der Waals surface area contributed by atoms with Gasteiger partial charge >= 0.3 is 0 Å². The zero-order valence-electron chi connectivity index (χ0n) is 18.4. The highest BCUT2D eigenvalue weighted by atomic mass is 35.5. The number of nitrogens with zero attached hydrogens (tertiary/aromatic N) is 1. The second-order valence-corrected chi connectivity index (χ2v) is 9.09. The first-order valence-corrected chi connectivity index (χ1v) is 11.5. The number of hydrogen-bond donors (Lipinski definition) is 3. The van der Waals surface area contributed by atoms with Gasteiger partial charge in [-0.15, -0.1) is 0 Å². The zero-order valence-corrected chi connectivity index (χ0v) is 19.1. The van der Waals surface area contributed by atoms with Gasteiger partial charge in [-0.1, -0.05) is 29.8 Å². The standard InChI is InChI=1S/C26H27ClFN3O2/c1-15(17-3-2-4-20(27)11-17)31-26(33)22-10-7-18(13-24(22)28)23-12-19(14-30-25(23)29)16-5-8-21(32)9-6-16/h2-4,7,10-16,21,32H,5-6,8-9H2,1H3,(H2,29,30)(H,31,33)/t15-,16?,21?/m1/s1. The van der Waals surface area contributed by atoms with Crippen LogP contribution in [0.2, 0.25) is 5.02 Å². The average Bonchev–Trinajstić information content (AvgIpc) is 2.80. The first kappa shape index (κ1) is 23.2. The highest BCUT2D eigenvalue weighted by Gasteiger charge is 2.22. The number of halogens is 2. The summed E-state index contributed by atoms with van der Waals surface area (Å²) in [7, 11) is 0. The molecule has 4 rings (SSSR count). The molecule has 1 fully saturated rings. The summed E-state index contributed by atoms with van der Waals surface area (Å²) < 4.78 is 15.0. The van der Waals surface area contributed by atoms with Crippen LogP contribution in [-0.2, 0) is 0 Å². The van der Waals surface area contributed by atoms with Crippen molar-refractivity contribution in [2.45, 2.75) is 50.7 Å². The predicted molar refractivity (Wildman–Crippen MR) is 129 cm³/mol. The lowest BCUT2D eigenvalue weighted by Crippen LogP contribution is -2.27. The Morgan fingerprint density at radius 2 is 1.94 bits per heavy atom. The maximum Gasteiger partial charge on any atom is 0.254 e. The number of aromatic nitrogens is 1. The molecule has 33 heavy (non-hydrogen) atoms. The van der Waals surface area contributed by atoms with E-state index in [1.807, 2.05) is 19.1 Å². The van der Waals surface area contributed by atoms with E-state index in [0.29, 0.717) is 27.9 Å². The van der Waals surface area contributed by atoms with E-state index in [9.17, 15) is 14.3 Å². The number of anilines is 1. The van der Waals surface area contributed by atoms with Crippen molar-refractivity contribution in [3.8, 4) is 11.1 Å². The Morgan fingerprint density at radius 1 is 1.18 bits per heavy atom. The number of hydrogen-bond acceptors (Lipinski definition) is 4. The van der Waals surface area contributed by atoms with Gasteiger partial charge in [-0.2, -0.15) is 0 Å². The third-order valence-electron chi connectivity index (χ3n) is 6.33. The Morgan fingerprint density at radius 3 is 2.64 bits per heavy atom. The molecule has 172 valence electrons. The van der Waals surface area contributed by atoms with Gasteiger partial charge in [0.1, 0.15) is 11.6 Å². The number of nitrogen functional groups attached to an aromatic ring is 1. The van der Waals surface area contributed by atoms with E-state index < -0.39 is 11.7 Å². The molecule has 1 aromatic heterocycles. The molecule has 3 aromatic rings. The van der Waals surface area contributed by atoms with Crippen molar-refractivity contribution in [3.63, 3.8) is 0 Å². The SMILES string of the molecule is C[C@@H](NC(=O)c1ccc(-c2cc(C3CCC(O)CC3)cnc2N)cc1F)c1cccc(Cl)c1. The minimum atomic E-state index is -0.631. The molecule has 0 radical (unpaired) electrons. The fourth-order valence-electron chi connectivity index (χ4n) is 4.36. The topological polar surface area (TPSA) is 88.2 Å². The van der Waals surface area contributed by atoms with Crippen LogP contribution in [0.3, 0.4) is 0 Å². The minimum absolute atomic E-state index is 0.0448. The molecular formula is C26H27ClFN3O2. The summed E-state index contributed by atoms with van der Waals surface area (Å²) in [4.78, 5) is 17.0. The van der Waals surface area contributed by atoms with Crippen LogP contribution in [0.1, 0.15) is 66.1 Å². The van der Waals surface area contributed by atoms with Crippen LogP contribution in [0.4, 0.5) is 10.2 Å². The van der Waals surface area contributed by atoms with Gasteiger partial charge in [0.15, 0.2) is 0 Å². The smallest absolute Gasteiger partial charge is 0.254 e. The van der Waals surface area contributed by atoms with E-state index in [0.717, 1.165) is 36.8 Å². The first-order chi connectivity index (χ1) is 15.8. The third-order valence-corrected chi connectivity index (χ3v) is 6.56. The van der Waals surface area contributed by atoms with Crippen molar-refractivity contribution >= 4 is 23.3 Å². The third kappa shape index (κ3) is 5.34. The Kier molecular flexibility index (Phi) is 6.96. The summed E-state index contributed by atoms with van der Waals surface area (Å²) in [6.07, 6.45) is 4.80. The van der Waals surface area contributed by atoms with E-state index in [1.165, 1.54) is 12.1 Å². The largest absolute Gasteiger partial charge is 0.393 e. The van der Waals surface area contributed by atoms with E-state index in [4.69, 9.17) is 17.3 Å². The zero-order chi connectivity index (χ0) is 23.5. The fourth-order valence-corrected chi connectivity index (χ4v) is 4.55. The molecule has 0 spiro atoms. The molecule has 1 atom stereocenters. The van der Waals surface area contributed by atoms with Gasteiger partial charge in [0, 0.05) is 16.8 Å². The van der Waals surface area contributed by atoms with Gasteiger partial charge < -0.3 is 16.2 Å². The summed E-state index contributed by atoms with van der Waals surface area (Å²) >= 11 is 6.02. The molecule has 4 N–H and O–H groups in total. The van der Waals surface area contributed by atoms with Gasteiger partial charge in [-0.05, 0) is 85.5 Å². The lowest BCUT2D eigenvalue weighted by Gasteiger charge is -2.26. The normalized spacial score (nSPS) is 19.2. The van der Waals surface area contributed by atoms with Crippen LogP contribution in [0.25, 0.3) is 11.1 Å².